The second kappa shape index (κ2) is 8.92. The lowest BCUT2D eigenvalue weighted by Crippen LogP contribution is -2.57. The van der Waals surface area contributed by atoms with Crippen molar-refractivity contribution >= 4 is 21.7 Å². The van der Waals surface area contributed by atoms with Crippen molar-refractivity contribution in [1.29, 1.82) is 5.26 Å². The lowest BCUT2D eigenvalue weighted by molar-refractivity contribution is -0.135. The van der Waals surface area contributed by atoms with Gasteiger partial charge in [-0.1, -0.05) is 12.1 Å². The topological polar surface area (TPSA) is 131 Å². The van der Waals surface area contributed by atoms with Gasteiger partial charge in [0.05, 0.1) is 22.0 Å². The highest BCUT2D eigenvalue weighted by atomic mass is 32.2. The molecule has 2 N–H and O–H groups in total. The van der Waals surface area contributed by atoms with Crippen molar-refractivity contribution in [3.8, 4) is 6.07 Å². The average Bonchev–Trinajstić information content (AvgIpc) is 3.80. The summed E-state index contributed by atoms with van der Waals surface area (Å²) in [6.45, 7) is 0.252. The summed E-state index contributed by atoms with van der Waals surface area (Å²) in [5, 5.41) is 22.4. The van der Waals surface area contributed by atoms with Gasteiger partial charge in [0.2, 0.25) is 0 Å². The fraction of sp³-hybridized carbons (Fsp3) is 0.480. The molecule has 0 aromatic heterocycles. The molecule has 0 spiro atoms. The number of nitriles is 1. The number of amides is 2. The molecule has 196 valence electrons. The van der Waals surface area contributed by atoms with E-state index in [0.29, 0.717) is 5.56 Å². The minimum atomic E-state index is -4.14. The Balaban J connectivity index is 1.27. The van der Waals surface area contributed by atoms with Crippen LogP contribution in [0, 0.1) is 11.3 Å². The highest BCUT2D eigenvalue weighted by Gasteiger charge is 2.71. The molecule has 4 aliphatic rings. The lowest BCUT2D eigenvalue weighted by Gasteiger charge is -2.42. The second-order valence-electron chi connectivity index (χ2n) is 10.0. The van der Waals surface area contributed by atoms with Crippen molar-refractivity contribution in [2.45, 2.75) is 54.4 Å². The summed E-state index contributed by atoms with van der Waals surface area (Å²) in [6.07, 6.45) is -1.21. The Bertz CT molecular complexity index is 1340. The number of nitrogens with zero attached hydrogens (tertiary/aromatic N) is 3. The highest BCUT2D eigenvalue weighted by Crippen LogP contribution is 2.59. The standard InChI is InChI=1S/C25H26F2N4O5S/c26-23(27)25(9-10-25)37(35,36)24(7-8-24)15-30-11-12-31-19(22(30)34)6-5-18(21(31)33)20(32)29-14-17-3-1-16(13-28)2-4-17/h1-6,21,23,33H,7-12,14-15H2,(H,29,32). The van der Waals surface area contributed by atoms with Crippen molar-refractivity contribution in [3.05, 3.63) is 58.8 Å². The number of sulfone groups is 1. The van der Waals surface area contributed by atoms with Crippen LogP contribution in [-0.4, -0.2) is 76.9 Å². The van der Waals surface area contributed by atoms with E-state index in [0.717, 1.165) is 5.56 Å². The number of hydrogen-bond donors (Lipinski definition) is 2. The number of carbonyl (C=O) groups is 2. The fourth-order valence-corrected chi connectivity index (χ4v) is 7.76. The Morgan fingerprint density at radius 1 is 1.16 bits per heavy atom. The maximum atomic E-state index is 13.6. The third-order valence-electron chi connectivity index (χ3n) is 7.75. The summed E-state index contributed by atoms with van der Waals surface area (Å²) < 4.78 is 50.1. The number of aliphatic hydroxyl groups excluding tert-OH is 1. The molecule has 12 heteroatoms. The van der Waals surface area contributed by atoms with Crippen molar-refractivity contribution in [1.82, 2.24) is 15.1 Å². The molecule has 1 aromatic carbocycles. The minimum Gasteiger partial charge on any atom is -0.369 e. The monoisotopic (exact) mass is 532 g/mol. The van der Waals surface area contributed by atoms with E-state index in [4.69, 9.17) is 5.26 Å². The molecule has 2 heterocycles. The van der Waals surface area contributed by atoms with Crippen LogP contribution >= 0.6 is 0 Å². The van der Waals surface area contributed by atoms with Crippen LogP contribution in [0.1, 0.15) is 36.8 Å². The summed E-state index contributed by atoms with van der Waals surface area (Å²) in [4.78, 5) is 28.6. The van der Waals surface area contributed by atoms with E-state index in [1.807, 2.05) is 6.07 Å². The molecule has 1 aromatic rings. The lowest BCUT2D eigenvalue weighted by atomic mass is 10.0. The maximum Gasteiger partial charge on any atom is 0.270 e. The van der Waals surface area contributed by atoms with Gasteiger partial charge < -0.3 is 20.2 Å². The van der Waals surface area contributed by atoms with E-state index in [-0.39, 0.29) is 63.1 Å². The van der Waals surface area contributed by atoms with Gasteiger partial charge in [0.25, 0.3) is 18.2 Å². The van der Waals surface area contributed by atoms with Crippen molar-refractivity contribution < 1.29 is 31.9 Å². The van der Waals surface area contributed by atoms with E-state index >= 15 is 0 Å². The third kappa shape index (κ3) is 4.10. The molecule has 0 radical (unpaired) electrons. The Morgan fingerprint density at radius 3 is 2.41 bits per heavy atom. The number of allylic oxidation sites excluding steroid dienone is 2. The van der Waals surface area contributed by atoms with Crippen LogP contribution in [-0.2, 0) is 26.0 Å². The van der Waals surface area contributed by atoms with Gasteiger partial charge in [0.1, 0.15) is 10.4 Å². The number of hydrogen-bond acceptors (Lipinski definition) is 7. The summed E-state index contributed by atoms with van der Waals surface area (Å²) in [5.74, 6) is -1.03. The Kier molecular flexibility index (Phi) is 6.11. The Hall–Kier alpha value is -3.30. The number of benzene rings is 1. The predicted octanol–water partition coefficient (Wildman–Crippen LogP) is 1.21. The maximum absolute atomic E-state index is 13.6. The van der Waals surface area contributed by atoms with Crippen molar-refractivity contribution in [2.75, 3.05) is 19.6 Å². The van der Waals surface area contributed by atoms with Gasteiger partial charge in [0.15, 0.2) is 16.1 Å². The molecule has 5 rings (SSSR count). The number of carbonyl (C=O) groups excluding carboxylic acids is 2. The zero-order chi connectivity index (χ0) is 26.6. The van der Waals surface area contributed by atoms with Crippen LogP contribution in [0.25, 0.3) is 0 Å². The number of halogens is 2. The molecular formula is C25H26F2N4O5S. The molecule has 3 fully saturated rings. The summed E-state index contributed by atoms with van der Waals surface area (Å²) >= 11 is 0. The van der Waals surface area contributed by atoms with Gasteiger partial charge in [-0.05, 0) is 55.5 Å². The summed E-state index contributed by atoms with van der Waals surface area (Å²) in [7, 11) is -4.14. The highest BCUT2D eigenvalue weighted by molar-refractivity contribution is 7.94. The zero-order valence-electron chi connectivity index (χ0n) is 19.9. The van der Waals surface area contributed by atoms with Crippen LogP contribution in [0.3, 0.4) is 0 Å². The first kappa shape index (κ1) is 25.4. The molecule has 9 nitrogen and oxygen atoms in total. The average molecular weight is 533 g/mol. The second-order valence-corrected chi connectivity index (χ2v) is 12.7. The van der Waals surface area contributed by atoms with Gasteiger partial charge in [0, 0.05) is 26.2 Å². The van der Waals surface area contributed by atoms with Gasteiger partial charge in [-0.25, -0.2) is 17.2 Å². The van der Waals surface area contributed by atoms with Crippen molar-refractivity contribution in [2.24, 2.45) is 0 Å². The molecule has 2 saturated carbocycles. The zero-order valence-corrected chi connectivity index (χ0v) is 20.7. The third-order valence-corrected chi connectivity index (χ3v) is 11.1. The van der Waals surface area contributed by atoms with Crippen LogP contribution in [0.2, 0.25) is 0 Å². The minimum absolute atomic E-state index is 0.0486. The fourth-order valence-electron chi connectivity index (χ4n) is 5.06. The first-order chi connectivity index (χ1) is 17.5. The number of alkyl halides is 2. The van der Waals surface area contributed by atoms with E-state index in [2.05, 4.69) is 5.32 Å². The largest absolute Gasteiger partial charge is 0.369 e. The number of piperazine rings is 1. The Labute approximate surface area is 212 Å². The quantitative estimate of drug-likeness (QED) is 0.515. The van der Waals surface area contributed by atoms with Gasteiger partial charge in [-0.3, -0.25) is 9.59 Å². The SMILES string of the molecule is N#Cc1ccc(CNC(=O)C2=CC=C3C(=O)N(CC4(S(=O)(=O)C5(C(F)F)CC5)CC4)CCN3C2O)cc1. The van der Waals surface area contributed by atoms with E-state index in [9.17, 15) is 31.9 Å². The number of aliphatic hydroxyl groups is 1. The van der Waals surface area contributed by atoms with Crippen LogP contribution < -0.4 is 5.32 Å². The molecule has 1 saturated heterocycles. The first-order valence-electron chi connectivity index (χ1n) is 12.0. The van der Waals surface area contributed by atoms with Crippen LogP contribution in [0.4, 0.5) is 8.78 Å². The van der Waals surface area contributed by atoms with E-state index in [1.165, 1.54) is 22.0 Å². The summed E-state index contributed by atoms with van der Waals surface area (Å²) in [5.41, 5.74) is 1.42. The predicted molar refractivity (Wildman–Crippen MR) is 127 cm³/mol. The van der Waals surface area contributed by atoms with Gasteiger partial charge >= 0.3 is 0 Å². The molecule has 1 unspecified atom stereocenters. The smallest absolute Gasteiger partial charge is 0.270 e. The first-order valence-corrected chi connectivity index (χ1v) is 13.5. The molecule has 2 aliphatic carbocycles. The molecule has 0 bridgehead atoms. The van der Waals surface area contributed by atoms with Crippen molar-refractivity contribution in [3.63, 3.8) is 0 Å². The number of fused-ring (bicyclic) bond motifs is 1. The molecule has 1 atom stereocenters. The number of nitrogens with one attached hydrogen (secondary N) is 1. The van der Waals surface area contributed by atoms with Crippen LogP contribution in [0.15, 0.2) is 47.7 Å². The summed E-state index contributed by atoms with van der Waals surface area (Å²) in [6, 6.07) is 8.69. The normalized spacial score (nSPS) is 23.5. The molecule has 2 amide bonds. The van der Waals surface area contributed by atoms with E-state index in [1.54, 1.807) is 24.3 Å². The Morgan fingerprint density at radius 2 is 1.84 bits per heavy atom. The van der Waals surface area contributed by atoms with Gasteiger partial charge in [-0.15, -0.1) is 0 Å². The molecule has 2 aliphatic heterocycles. The number of rotatable bonds is 8. The molecule has 37 heavy (non-hydrogen) atoms. The van der Waals surface area contributed by atoms with E-state index < -0.39 is 43.8 Å². The van der Waals surface area contributed by atoms with Gasteiger partial charge in [-0.2, -0.15) is 5.26 Å². The molecular weight excluding hydrogens is 506 g/mol. The van der Waals surface area contributed by atoms with Crippen LogP contribution in [0.5, 0.6) is 0 Å².